The Labute approximate surface area is 207 Å². The molecule has 7 heteroatoms. The number of ether oxygens (including phenoxy) is 2. The second-order valence-electron chi connectivity index (χ2n) is 7.18. The Kier molecular flexibility index (Phi) is 7.01. The number of cyclic esters (lactones) is 1. The zero-order valence-corrected chi connectivity index (χ0v) is 20.6. The standard InChI is InChI=1S/C26H17Br2NO4/c1-16-6-5-9-18(12-16)25-29-22(26(31)33-25)14-19-13-20(27)15-21(28)24(19)32-23(30)11-10-17-7-3-2-4-8-17/h2-15H,1H3/b11-10+,22-14-. The van der Waals surface area contributed by atoms with Gasteiger partial charge in [-0.1, -0.05) is 64.0 Å². The molecule has 1 heterocycles. The molecule has 0 aliphatic carbocycles. The van der Waals surface area contributed by atoms with Crippen LogP contribution in [0.25, 0.3) is 12.2 Å². The third kappa shape index (κ3) is 5.74. The number of halogens is 2. The van der Waals surface area contributed by atoms with Gasteiger partial charge in [0.05, 0.1) is 4.47 Å². The second-order valence-corrected chi connectivity index (χ2v) is 8.95. The highest BCUT2D eigenvalue weighted by molar-refractivity contribution is 9.11. The monoisotopic (exact) mass is 565 g/mol. The zero-order valence-electron chi connectivity index (χ0n) is 17.4. The molecule has 0 spiro atoms. The molecule has 0 saturated carbocycles. The second kappa shape index (κ2) is 10.1. The molecule has 1 aliphatic rings. The number of rotatable bonds is 5. The zero-order chi connectivity index (χ0) is 23.4. The van der Waals surface area contributed by atoms with Crippen LogP contribution in [-0.4, -0.2) is 17.8 Å². The molecule has 0 aromatic heterocycles. The first kappa shape index (κ1) is 22.9. The van der Waals surface area contributed by atoms with Crippen LogP contribution in [0.15, 0.2) is 92.4 Å². The highest BCUT2D eigenvalue weighted by atomic mass is 79.9. The Hall–Kier alpha value is -3.29. The van der Waals surface area contributed by atoms with Crippen molar-refractivity contribution in [2.45, 2.75) is 6.92 Å². The lowest BCUT2D eigenvalue weighted by atomic mass is 10.1. The maximum atomic E-state index is 12.5. The lowest BCUT2D eigenvalue weighted by Gasteiger charge is -2.09. The van der Waals surface area contributed by atoms with Crippen molar-refractivity contribution >= 4 is 61.8 Å². The van der Waals surface area contributed by atoms with Gasteiger partial charge in [0, 0.05) is 21.7 Å². The molecule has 0 radical (unpaired) electrons. The van der Waals surface area contributed by atoms with Gasteiger partial charge in [0.1, 0.15) is 0 Å². The van der Waals surface area contributed by atoms with Crippen LogP contribution >= 0.6 is 31.9 Å². The number of aliphatic imine (C=N–C) groups is 1. The Bertz CT molecular complexity index is 1330. The smallest absolute Gasteiger partial charge is 0.363 e. The normalized spacial score (nSPS) is 14.5. The van der Waals surface area contributed by atoms with Gasteiger partial charge in [-0.3, -0.25) is 0 Å². The Morgan fingerprint density at radius 3 is 2.58 bits per heavy atom. The van der Waals surface area contributed by atoms with E-state index in [1.165, 1.54) is 12.2 Å². The number of nitrogens with zero attached hydrogens (tertiary/aromatic N) is 1. The van der Waals surface area contributed by atoms with Gasteiger partial charge < -0.3 is 9.47 Å². The molecule has 3 aromatic carbocycles. The lowest BCUT2D eigenvalue weighted by Crippen LogP contribution is -2.06. The third-order valence-electron chi connectivity index (χ3n) is 4.63. The van der Waals surface area contributed by atoms with E-state index in [-0.39, 0.29) is 17.3 Å². The minimum absolute atomic E-state index is 0.105. The number of esters is 2. The first-order chi connectivity index (χ1) is 15.9. The molecular weight excluding hydrogens is 550 g/mol. The average Bonchev–Trinajstić information content (AvgIpc) is 3.15. The van der Waals surface area contributed by atoms with Crippen molar-refractivity contribution in [1.29, 1.82) is 0 Å². The van der Waals surface area contributed by atoms with Crippen LogP contribution in [0.3, 0.4) is 0 Å². The SMILES string of the molecule is Cc1cccc(C2=N/C(=C\c3cc(Br)cc(Br)c3OC(=O)/C=C/c3ccccc3)C(=O)O2)c1. The molecule has 0 fully saturated rings. The van der Waals surface area contributed by atoms with E-state index in [2.05, 4.69) is 36.9 Å². The minimum atomic E-state index is -0.580. The van der Waals surface area contributed by atoms with E-state index < -0.39 is 11.9 Å². The topological polar surface area (TPSA) is 65.0 Å². The molecule has 0 amide bonds. The summed E-state index contributed by atoms with van der Waals surface area (Å²) in [6.07, 6.45) is 4.54. The molecule has 4 rings (SSSR count). The summed E-state index contributed by atoms with van der Waals surface area (Å²) >= 11 is 6.86. The average molecular weight is 567 g/mol. The molecule has 33 heavy (non-hydrogen) atoms. The van der Waals surface area contributed by atoms with E-state index in [1.807, 2.05) is 61.5 Å². The van der Waals surface area contributed by atoms with E-state index in [0.29, 0.717) is 15.6 Å². The van der Waals surface area contributed by atoms with Crippen LogP contribution in [-0.2, 0) is 14.3 Å². The van der Waals surface area contributed by atoms with Crippen LogP contribution in [0.2, 0.25) is 0 Å². The molecular formula is C26H17Br2NO4. The summed E-state index contributed by atoms with van der Waals surface area (Å²) in [5, 5.41) is 0. The summed E-state index contributed by atoms with van der Waals surface area (Å²) in [5.74, 6) is -0.642. The van der Waals surface area contributed by atoms with Gasteiger partial charge >= 0.3 is 11.9 Å². The van der Waals surface area contributed by atoms with Crippen molar-refractivity contribution in [3.63, 3.8) is 0 Å². The lowest BCUT2D eigenvalue weighted by molar-refractivity contribution is -0.130. The van der Waals surface area contributed by atoms with Crippen LogP contribution in [0.1, 0.15) is 22.3 Å². The third-order valence-corrected chi connectivity index (χ3v) is 5.68. The quantitative estimate of drug-likeness (QED) is 0.201. The summed E-state index contributed by atoms with van der Waals surface area (Å²) in [6.45, 7) is 1.95. The van der Waals surface area contributed by atoms with Gasteiger partial charge in [-0.05, 0) is 64.8 Å². The van der Waals surface area contributed by atoms with Crippen LogP contribution in [0.4, 0.5) is 0 Å². The summed E-state index contributed by atoms with van der Waals surface area (Å²) in [4.78, 5) is 29.3. The predicted octanol–water partition coefficient (Wildman–Crippen LogP) is 6.48. The fourth-order valence-electron chi connectivity index (χ4n) is 3.12. The minimum Gasteiger partial charge on any atom is -0.422 e. The van der Waals surface area contributed by atoms with Gasteiger partial charge in [0.2, 0.25) is 5.90 Å². The maximum absolute atomic E-state index is 12.5. The molecule has 1 aliphatic heterocycles. The number of benzene rings is 3. The first-order valence-corrected chi connectivity index (χ1v) is 11.5. The summed E-state index contributed by atoms with van der Waals surface area (Å²) < 4.78 is 12.2. The van der Waals surface area contributed by atoms with Gasteiger partial charge in [-0.2, -0.15) is 0 Å². The van der Waals surface area contributed by atoms with Gasteiger partial charge in [0.25, 0.3) is 0 Å². The van der Waals surface area contributed by atoms with E-state index in [1.54, 1.807) is 18.2 Å². The van der Waals surface area contributed by atoms with Crippen molar-refractivity contribution in [3.05, 3.63) is 110 Å². The maximum Gasteiger partial charge on any atom is 0.363 e. The van der Waals surface area contributed by atoms with Crippen molar-refractivity contribution in [2.24, 2.45) is 4.99 Å². The highest BCUT2D eigenvalue weighted by Gasteiger charge is 2.25. The van der Waals surface area contributed by atoms with Crippen LogP contribution in [0.5, 0.6) is 5.75 Å². The van der Waals surface area contributed by atoms with Crippen molar-refractivity contribution in [3.8, 4) is 5.75 Å². The van der Waals surface area contributed by atoms with E-state index in [0.717, 1.165) is 15.6 Å². The number of aryl methyl sites for hydroxylation is 1. The number of carbonyl (C=O) groups excluding carboxylic acids is 2. The molecule has 164 valence electrons. The molecule has 0 bridgehead atoms. The number of carbonyl (C=O) groups is 2. The van der Waals surface area contributed by atoms with Gasteiger partial charge in [-0.15, -0.1) is 0 Å². The van der Waals surface area contributed by atoms with E-state index in [9.17, 15) is 9.59 Å². The molecule has 0 atom stereocenters. The molecule has 0 saturated heterocycles. The van der Waals surface area contributed by atoms with E-state index in [4.69, 9.17) is 9.47 Å². The van der Waals surface area contributed by atoms with Gasteiger partial charge in [0.15, 0.2) is 11.4 Å². The summed E-state index contributed by atoms with van der Waals surface area (Å²) in [6, 6.07) is 20.4. The largest absolute Gasteiger partial charge is 0.422 e. The molecule has 0 N–H and O–H groups in total. The molecule has 5 nitrogen and oxygen atoms in total. The van der Waals surface area contributed by atoms with Crippen molar-refractivity contribution in [1.82, 2.24) is 0 Å². The Morgan fingerprint density at radius 2 is 1.82 bits per heavy atom. The highest BCUT2D eigenvalue weighted by Crippen LogP contribution is 2.35. The number of hydrogen-bond acceptors (Lipinski definition) is 5. The van der Waals surface area contributed by atoms with Crippen molar-refractivity contribution < 1.29 is 19.1 Å². The Balaban J connectivity index is 1.64. The molecule has 3 aromatic rings. The Morgan fingerprint density at radius 1 is 1.03 bits per heavy atom. The first-order valence-electron chi connectivity index (χ1n) is 9.92. The van der Waals surface area contributed by atoms with Gasteiger partial charge in [-0.25, -0.2) is 14.6 Å². The van der Waals surface area contributed by atoms with Crippen molar-refractivity contribution in [2.75, 3.05) is 0 Å². The fraction of sp³-hybridized carbons (Fsp3) is 0.0385. The summed E-state index contributed by atoms with van der Waals surface area (Å²) in [7, 11) is 0. The summed E-state index contributed by atoms with van der Waals surface area (Å²) in [5.41, 5.74) is 3.20. The predicted molar refractivity (Wildman–Crippen MR) is 135 cm³/mol. The molecule has 0 unspecified atom stereocenters. The fourth-order valence-corrected chi connectivity index (χ4v) is 4.46. The van der Waals surface area contributed by atoms with E-state index >= 15 is 0 Å². The number of hydrogen-bond donors (Lipinski definition) is 0. The van der Waals surface area contributed by atoms with Crippen LogP contribution < -0.4 is 4.74 Å². The van der Waals surface area contributed by atoms with Crippen LogP contribution in [0, 0.1) is 6.92 Å².